The Morgan fingerprint density at radius 3 is 2.20 bits per heavy atom. The lowest BCUT2D eigenvalue weighted by atomic mass is 9.85. The minimum Gasteiger partial charge on any atom is -0.358 e. The highest BCUT2D eigenvalue weighted by molar-refractivity contribution is 7.80. The molecule has 5 nitrogen and oxygen atoms in total. The molecule has 1 aromatic rings. The second kappa shape index (κ2) is 10.6. The number of benzene rings is 1. The highest BCUT2D eigenvalue weighted by Crippen LogP contribution is 2.22. The largest absolute Gasteiger partial charge is 0.358 e. The minimum absolute atomic E-state index is 0.0263. The molecular weight excluding hydrogens is 392 g/mol. The van der Waals surface area contributed by atoms with E-state index < -0.39 is 6.04 Å². The third kappa shape index (κ3) is 8.23. The molecule has 1 fully saturated rings. The first kappa shape index (κ1) is 24.6. The van der Waals surface area contributed by atoms with Gasteiger partial charge in [-0.15, -0.1) is 0 Å². The van der Waals surface area contributed by atoms with E-state index in [2.05, 4.69) is 66.3 Å². The first-order chi connectivity index (χ1) is 14.0. The monoisotopic (exact) mass is 432 g/mol. The van der Waals surface area contributed by atoms with E-state index in [1.807, 2.05) is 26.8 Å². The molecule has 168 valence electrons. The summed E-state index contributed by atoms with van der Waals surface area (Å²) in [6, 6.07) is 10.7. The lowest BCUT2D eigenvalue weighted by molar-refractivity contribution is -0.126. The summed E-state index contributed by atoms with van der Waals surface area (Å²) in [5, 5.41) is 14.1. The molecule has 1 amide bonds. The number of hydrogen-bond donors (Lipinski definition) is 4. The quantitative estimate of drug-likeness (QED) is 0.514. The molecule has 0 unspecified atom stereocenters. The minimum atomic E-state index is -0.406. The van der Waals surface area contributed by atoms with E-state index in [1.54, 1.807) is 0 Å². The van der Waals surface area contributed by atoms with Crippen LogP contribution in [0.5, 0.6) is 0 Å². The van der Waals surface area contributed by atoms with Gasteiger partial charge in [0.25, 0.3) is 0 Å². The lowest BCUT2D eigenvalue weighted by Gasteiger charge is -2.37. The molecule has 6 heteroatoms. The number of carbonyl (C=O) groups excluding carboxylic acids is 1. The van der Waals surface area contributed by atoms with E-state index in [1.165, 1.54) is 18.4 Å². The van der Waals surface area contributed by atoms with E-state index in [4.69, 9.17) is 12.2 Å². The standard InChI is InChI=1S/C24H40N4OS/c1-23(2,3)20(21(29)28-24(4,5)6)27-22(30)26-19-15-11-10-14-18(19)25-16-17-12-8-7-9-13-17/h7-9,12-13,18-20,25H,10-11,14-16H2,1-6H3,(H,28,29)(H2,26,27,30)/t18-,19-,20-/m1/s1. The van der Waals surface area contributed by atoms with Crippen molar-refractivity contribution in [2.45, 2.75) is 97.4 Å². The maximum absolute atomic E-state index is 12.9. The molecule has 0 aliphatic heterocycles. The van der Waals surface area contributed by atoms with Crippen molar-refractivity contribution in [3.05, 3.63) is 35.9 Å². The Balaban J connectivity index is 1.97. The number of carbonyl (C=O) groups is 1. The molecule has 1 aliphatic rings. The Hall–Kier alpha value is -1.66. The van der Waals surface area contributed by atoms with Crippen LogP contribution in [0, 0.1) is 5.41 Å². The van der Waals surface area contributed by atoms with Crippen molar-refractivity contribution in [1.82, 2.24) is 21.3 Å². The van der Waals surface area contributed by atoms with Crippen molar-refractivity contribution >= 4 is 23.2 Å². The van der Waals surface area contributed by atoms with Crippen molar-refractivity contribution in [2.75, 3.05) is 0 Å². The van der Waals surface area contributed by atoms with E-state index in [9.17, 15) is 4.79 Å². The van der Waals surface area contributed by atoms with Crippen molar-refractivity contribution in [1.29, 1.82) is 0 Å². The number of thiocarbonyl (C=S) groups is 1. The maximum Gasteiger partial charge on any atom is 0.243 e. The van der Waals surface area contributed by atoms with Gasteiger partial charge in [-0.2, -0.15) is 0 Å². The first-order valence-corrected chi connectivity index (χ1v) is 11.5. The fraction of sp³-hybridized carbons (Fsp3) is 0.667. The van der Waals surface area contributed by atoms with Gasteiger partial charge in [0.1, 0.15) is 6.04 Å². The summed E-state index contributed by atoms with van der Waals surface area (Å²) in [5.74, 6) is -0.0263. The molecular formula is C24H40N4OS. The molecule has 0 bridgehead atoms. The number of rotatable bonds is 6. The van der Waals surface area contributed by atoms with E-state index in [0.29, 0.717) is 11.2 Å². The normalized spacial score (nSPS) is 20.9. The van der Waals surface area contributed by atoms with Crippen LogP contribution in [0.3, 0.4) is 0 Å². The highest BCUT2D eigenvalue weighted by atomic mass is 32.1. The average Bonchev–Trinajstić information content (AvgIpc) is 2.64. The van der Waals surface area contributed by atoms with Gasteiger partial charge in [0, 0.05) is 24.2 Å². The van der Waals surface area contributed by atoms with E-state index in [-0.39, 0.29) is 22.9 Å². The van der Waals surface area contributed by atoms with Gasteiger partial charge in [0.05, 0.1) is 0 Å². The number of hydrogen-bond acceptors (Lipinski definition) is 3. The van der Waals surface area contributed by atoms with Gasteiger partial charge in [-0.25, -0.2) is 0 Å². The van der Waals surface area contributed by atoms with Crippen molar-refractivity contribution < 1.29 is 4.79 Å². The van der Waals surface area contributed by atoms with Crippen LogP contribution in [0.15, 0.2) is 30.3 Å². The van der Waals surface area contributed by atoms with Gasteiger partial charge in [-0.3, -0.25) is 4.79 Å². The molecule has 1 aromatic carbocycles. The summed E-state index contributed by atoms with van der Waals surface area (Å²) in [5.41, 5.74) is 0.736. The Kier molecular flexibility index (Phi) is 8.68. The molecule has 0 spiro atoms. The zero-order chi connectivity index (χ0) is 22.4. The molecule has 30 heavy (non-hydrogen) atoms. The molecule has 0 radical (unpaired) electrons. The topological polar surface area (TPSA) is 65.2 Å². The molecule has 1 aliphatic carbocycles. The van der Waals surface area contributed by atoms with Gasteiger partial charge in [0.2, 0.25) is 5.91 Å². The second-order valence-electron chi connectivity index (χ2n) is 10.5. The SMILES string of the molecule is CC(C)(C)NC(=O)[C@@H](NC(=S)N[C@@H]1CCCC[C@H]1NCc1ccccc1)C(C)(C)C. The molecule has 0 aromatic heterocycles. The van der Waals surface area contributed by atoms with Crippen LogP contribution in [-0.4, -0.2) is 34.7 Å². The summed E-state index contributed by atoms with van der Waals surface area (Å²) in [6.45, 7) is 13.0. The highest BCUT2D eigenvalue weighted by Gasteiger charge is 2.34. The third-order valence-corrected chi connectivity index (χ3v) is 5.63. The van der Waals surface area contributed by atoms with Crippen LogP contribution in [-0.2, 0) is 11.3 Å². The van der Waals surface area contributed by atoms with Crippen LogP contribution in [0.25, 0.3) is 0 Å². The smallest absolute Gasteiger partial charge is 0.243 e. The van der Waals surface area contributed by atoms with Crippen molar-refractivity contribution in [3.63, 3.8) is 0 Å². The lowest BCUT2D eigenvalue weighted by Crippen LogP contribution is -2.61. The van der Waals surface area contributed by atoms with Crippen LogP contribution in [0.4, 0.5) is 0 Å². The third-order valence-electron chi connectivity index (χ3n) is 5.40. The fourth-order valence-electron chi connectivity index (χ4n) is 3.85. The van der Waals surface area contributed by atoms with E-state index >= 15 is 0 Å². The summed E-state index contributed by atoms with van der Waals surface area (Å²) in [7, 11) is 0. The summed E-state index contributed by atoms with van der Waals surface area (Å²) in [6.07, 6.45) is 4.61. The molecule has 4 N–H and O–H groups in total. The summed E-state index contributed by atoms with van der Waals surface area (Å²) >= 11 is 5.64. The van der Waals surface area contributed by atoms with Crippen LogP contribution >= 0.6 is 12.2 Å². The van der Waals surface area contributed by atoms with Crippen LogP contribution < -0.4 is 21.3 Å². The van der Waals surface area contributed by atoms with Gasteiger partial charge in [0.15, 0.2) is 5.11 Å². The van der Waals surface area contributed by atoms with Crippen LogP contribution in [0.1, 0.15) is 72.8 Å². The maximum atomic E-state index is 12.9. The van der Waals surface area contributed by atoms with Crippen molar-refractivity contribution in [3.8, 4) is 0 Å². The van der Waals surface area contributed by atoms with Crippen LogP contribution in [0.2, 0.25) is 0 Å². The summed E-state index contributed by atoms with van der Waals surface area (Å²) in [4.78, 5) is 12.9. The molecule has 2 rings (SSSR count). The predicted octanol–water partition coefficient (Wildman–Crippen LogP) is 3.88. The van der Waals surface area contributed by atoms with Gasteiger partial charge in [-0.05, 0) is 56.8 Å². The molecule has 0 heterocycles. The number of nitrogens with one attached hydrogen (secondary N) is 4. The summed E-state index contributed by atoms with van der Waals surface area (Å²) < 4.78 is 0. The number of amides is 1. The Labute approximate surface area is 188 Å². The Morgan fingerprint density at radius 2 is 1.63 bits per heavy atom. The zero-order valence-corrected chi connectivity index (χ0v) is 20.3. The Bertz CT molecular complexity index is 693. The van der Waals surface area contributed by atoms with Gasteiger partial charge in [-0.1, -0.05) is 63.9 Å². The predicted molar refractivity (Wildman–Crippen MR) is 129 cm³/mol. The van der Waals surface area contributed by atoms with Crippen molar-refractivity contribution in [2.24, 2.45) is 5.41 Å². The molecule has 0 saturated heterocycles. The van der Waals surface area contributed by atoms with Gasteiger partial charge < -0.3 is 21.3 Å². The van der Waals surface area contributed by atoms with E-state index in [0.717, 1.165) is 19.4 Å². The molecule has 1 saturated carbocycles. The Morgan fingerprint density at radius 1 is 1.03 bits per heavy atom. The molecule has 3 atom stereocenters. The fourth-order valence-corrected chi connectivity index (χ4v) is 4.12. The average molecular weight is 433 g/mol. The van der Waals surface area contributed by atoms with Gasteiger partial charge >= 0.3 is 0 Å². The second-order valence-corrected chi connectivity index (χ2v) is 10.9. The zero-order valence-electron chi connectivity index (χ0n) is 19.5. The first-order valence-electron chi connectivity index (χ1n) is 11.1.